The molecule has 0 amide bonds. The lowest BCUT2D eigenvalue weighted by molar-refractivity contribution is 0.147. The SMILES string of the molecule is OC(c1cc2sccc2s1)C1CCc2cccnc21. The molecule has 2 nitrogen and oxygen atoms in total. The topological polar surface area (TPSA) is 33.1 Å². The number of hydrogen-bond donors (Lipinski definition) is 1. The zero-order valence-electron chi connectivity index (χ0n) is 10.2. The van der Waals surface area contributed by atoms with Crippen molar-refractivity contribution in [2.24, 2.45) is 0 Å². The third kappa shape index (κ3) is 1.83. The zero-order chi connectivity index (χ0) is 12.8. The number of rotatable bonds is 2. The van der Waals surface area contributed by atoms with Crippen molar-refractivity contribution in [3.8, 4) is 0 Å². The molecule has 0 bridgehead atoms. The summed E-state index contributed by atoms with van der Waals surface area (Å²) in [6, 6.07) is 8.37. The lowest BCUT2D eigenvalue weighted by atomic mass is 9.98. The van der Waals surface area contributed by atoms with Gasteiger partial charge in [0.15, 0.2) is 0 Å². The number of aromatic nitrogens is 1. The van der Waals surface area contributed by atoms with Gasteiger partial charge in [0.2, 0.25) is 0 Å². The standard InChI is InChI=1S/C15H13NOS2/c17-15(13-8-12-11(19-13)5-7-18-12)10-4-3-9-2-1-6-16-14(9)10/h1-2,5-8,10,15,17H,3-4H2. The number of aliphatic hydroxyl groups excluding tert-OH is 1. The van der Waals surface area contributed by atoms with Crippen molar-refractivity contribution in [2.75, 3.05) is 0 Å². The van der Waals surface area contributed by atoms with Crippen LogP contribution in [0.25, 0.3) is 9.40 Å². The highest BCUT2D eigenvalue weighted by molar-refractivity contribution is 7.26. The van der Waals surface area contributed by atoms with E-state index < -0.39 is 6.10 Å². The van der Waals surface area contributed by atoms with Crippen molar-refractivity contribution in [1.29, 1.82) is 0 Å². The fraction of sp³-hybridized carbons (Fsp3) is 0.267. The Morgan fingerprint density at radius 1 is 1.32 bits per heavy atom. The minimum atomic E-state index is -0.416. The monoisotopic (exact) mass is 287 g/mol. The number of nitrogens with zero attached hydrogens (tertiary/aromatic N) is 1. The fourth-order valence-corrected chi connectivity index (χ4v) is 5.05. The van der Waals surface area contributed by atoms with Crippen LogP contribution in [-0.2, 0) is 6.42 Å². The molecule has 96 valence electrons. The normalized spacial score (nSPS) is 19.7. The van der Waals surface area contributed by atoms with Gasteiger partial charge in [-0.05, 0) is 42.0 Å². The Bertz CT molecular complexity index is 702. The van der Waals surface area contributed by atoms with Crippen LogP contribution in [0.4, 0.5) is 0 Å². The van der Waals surface area contributed by atoms with E-state index in [0.717, 1.165) is 23.4 Å². The van der Waals surface area contributed by atoms with E-state index in [1.807, 2.05) is 12.3 Å². The highest BCUT2D eigenvalue weighted by Gasteiger charge is 2.31. The molecule has 0 aromatic carbocycles. The molecule has 3 aromatic heterocycles. The van der Waals surface area contributed by atoms with Gasteiger partial charge in [-0.2, -0.15) is 0 Å². The minimum Gasteiger partial charge on any atom is -0.387 e. The number of fused-ring (bicyclic) bond motifs is 2. The van der Waals surface area contributed by atoms with Crippen molar-refractivity contribution in [3.63, 3.8) is 0 Å². The lowest BCUT2D eigenvalue weighted by Gasteiger charge is -2.16. The Labute approximate surface area is 119 Å². The lowest BCUT2D eigenvalue weighted by Crippen LogP contribution is -2.07. The smallest absolute Gasteiger partial charge is 0.0966 e. The Morgan fingerprint density at radius 2 is 2.26 bits per heavy atom. The molecule has 0 saturated heterocycles. The second-order valence-electron chi connectivity index (χ2n) is 4.94. The number of pyridine rings is 1. The molecule has 4 heteroatoms. The van der Waals surface area contributed by atoms with Crippen LogP contribution in [0.2, 0.25) is 0 Å². The van der Waals surface area contributed by atoms with Crippen LogP contribution in [0.15, 0.2) is 35.8 Å². The minimum absolute atomic E-state index is 0.156. The predicted molar refractivity (Wildman–Crippen MR) is 80.0 cm³/mol. The first-order chi connectivity index (χ1) is 9.33. The second-order valence-corrected chi connectivity index (χ2v) is 7.00. The van der Waals surface area contributed by atoms with Crippen LogP contribution in [0.1, 0.15) is 34.6 Å². The van der Waals surface area contributed by atoms with E-state index in [0.29, 0.717) is 0 Å². The maximum absolute atomic E-state index is 10.7. The van der Waals surface area contributed by atoms with E-state index in [-0.39, 0.29) is 5.92 Å². The van der Waals surface area contributed by atoms with E-state index >= 15 is 0 Å². The molecular formula is C15H13NOS2. The molecule has 2 atom stereocenters. The number of thiophene rings is 2. The molecule has 3 heterocycles. The molecule has 19 heavy (non-hydrogen) atoms. The van der Waals surface area contributed by atoms with E-state index in [2.05, 4.69) is 28.6 Å². The first-order valence-electron chi connectivity index (χ1n) is 6.42. The van der Waals surface area contributed by atoms with Gasteiger partial charge < -0.3 is 5.11 Å². The van der Waals surface area contributed by atoms with Crippen molar-refractivity contribution in [3.05, 3.63) is 52.0 Å². The van der Waals surface area contributed by atoms with Crippen molar-refractivity contribution < 1.29 is 5.11 Å². The van der Waals surface area contributed by atoms with Crippen LogP contribution in [0.5, 0.6) is 0 Å². The van der Waals surface area contributed by atoms with Gasteiger partial charge in [0.05, 0.1) is 6.10 Å². The first kappa shape index (κ1) is 11.6. The summed E-state index contributed by atoms with van der Waals surface area (Å²) >= 11 is 3.44. The number of aryl methyl sites for hydroxylation is 1. The largest absolute Gasteiger partial charge is 0.387 e. The van der Waals surface area contributed by atoms with Gasteiger partial charge >= 0.3 is 0 Å². The summed E-state index contributed by atoms with van der Waals surface area (Å²) < 4.78 is 2.55. The quantitative estimate of drug-likeness (QED) is 0.769. The Balaban J connectivity index is 1.71. The van der Waals surface area contributed by atoms with Gasteiger partial charge in [0.25, 0.3) is 0 Å². The van der Waals surface area contributed by atoms with Gasteiger partial charge in [-0.3, -0.25) is 4.98 Å². The Kier molecular flexibility index (Phi) is 2.69. The molecule has 1 aliphatic carbocycles. The summed E-state index contributed by atoms with van der Waals surface area (Å²) in [6.07, 6.45) is 3.45. The summed E-state index contributed by atoms with van der Waals surface area (Å²) in [5.74, 6) is 0.156. The third-order valence-electron chi connectivity index (χ3n) is 3.83. The Morgan fingerprint density at radius 3 is 3.16 bits per heavy atom. The molecule has 3 aromatic rings. The van der Waals surface area contributed by atoms with Gasteiger partial charge in [-0.25, -0.2) is 0 Å². The molecule has 1 aliphatic rings. The van der Waals surface area contributed by atoms with Crippen LogP contribution >= 0.6 is 22.7 Å². The van der Waals surface area contributed by atoms with Gasteiger partial charge in [-0.15, -0.1) is 22.7 Å². The maximum Gasteiger partial charge on any atom is 0.0966 e. The van der Waals surface area contributed by atoms with Crippen LogP contribution in [0, 0.1) is 0 Å². The highest BCUT2D eigenvalue weighted by Crippen LogP contribution is 2.44. The fourth-order valence-electron chi connectivity index (χ4n) is 2.88. The van der Waals surface area contributed by atoms with Crippen LogP contribution in [-0.4, -0.2) is 10.1 Å². The average Bonchev–Trinajstić information content (AvgIpc) is 3.11. The van der Waals surface area contributed by atoms with Crippen molar-refractivity contribution in [1.82, 2.24) is 4.98 Å². The Hall–Kier alpha value is -1.23. The summed E-state index contributed by atoms with van der Waals surface area (Å²) in [5.41, 5.74) is 2.39. The molecule has 1 N–H and O–H groups in total. The molecule has 0 saturated carbocycles. The summed E-state index contributed by atoms with van der Waals surface area (Å²) in [7, 11) is 0. The van der Waals surface area contributed by atoms with Gasteiger partial charge in [-0.1, -0.05) is 6.07 Å². The van der Waals surface area contributed by atoms with E-state index in [1.54, 1.807) is 22.7 Å². The van der Waals surface area contributed by atoms with Crippen molar-refractivity contribution in [2.45, 2.75) is 24.9 Å². The van der Waals surface area contributed by atoms with E-state index in [1.165, 1.54) is 15.0 Å². The molecule has 2 unspecified atom stereocenters. The van der Waals surface area contributed by atoms with Crippen LogP contribution in [0.3, 0.4) is 0 Å². The second kappa shape index (κ2) is 4.40. The molecule has 0 radical (unpaired) electrons. The average molecular weight is 287 g/mol. The number of hydrogen-bond acceptors (Lipinski definition) is 4. The zero-order valence-corrected chi connectivity index (χ0v) is 11.9. The van der Waals surface area contributed by atoms with Gasteiger partial charge in [0, 0.05) is 32.1 Å². The van der Waals surface area contributed by atoms with E-state index in [9.17, 15) is 5.11 Å². The highest BCUT2D eigenvalue weighted by atomic mass is 32.1. The predicted octanol–water partition coefficient (Wildman–Crippen LogP) is 4.12. The molecule has 0 spiro atoms. The molecular weight excluding hydrogens is 274 g/mol. The summed E-state index contributed by atoms with van der Waals surface area (Å²) in [6.45, 7) is 0. The first-order valence-corrected chi connectivity index (χ1v) is 8.11. The molecule has 0 fully saturated rings. The van der Waals surface area contributed by atoms with Crippen LogP contribution < -0.4 is 0 Å². The molecule has 4 rings (SSSR count). The van der Waals surface area contributed by atoms with E-state index in [4.69, 9.17) is 0 Å². The molecule has 0 aliphatic heterocycles. The van der Waals surface area contributed by atoms with Gasteiger partial charge in [0.1, 0.15) is 0 Å². The maximum atomic E-state index is 10.7. The summed E-state index contributed by atoms with van der Waals surface area (Å²) in [5, 5.41) is 12.8. The summed E-state index contributed by atoms with van der Waals surface area (Å²) in [4.78, 5) is 5.55. The van der Waals surface area contributed by atoms with Crippen molar-refractivity contribution >= 4 is 32.1 Å². The number of aliphatic hydroxyl groups is 1. The third-order valence-corrected chi connectivity index (χ3v) is 6.00.